The number of hydrogen-bond donors (Lipinski definition) is 0. The van der Waals surface area contributed by atoms with E-state index in [-0.39, 0.29) is 0 Å². The monoisotopic (exact) mass is 420 g/mol. The first-order valence-corrected chi connectivity index (χ1v) is 11.6. The summed E-state index contributed by atoms with van der Waals surface area (Å²) >= 11 is 0. The van der Waals surface area contributed by atoms with Gasteiger partial charge in [0.1, 0.15) is 11.5 Å². The molecule has 1 atom stereocenters. The molecule has 0 radical (unpaired) electrons. The molecule has 3 aromatic heterocycles. The smallest absolute Gasteiger partial charge is 0.138 e. The second-order valence-corrected chi connectivity index (χ2v) is 8.95. The molecular formula is C25H36N6. The van der Waals surface area contributed by atoms with Gasteiger partial charge in [-0.05, 0) is 71.1 Å². The van der Waals surface area contributed by atoms with E-state index in [1.54, 1.807) is 0 Å². The topological polar surface area (TPSA) is 39.9 Å². The first kappa shape index (κ1) is 21.8. The number of fused-ring (bicyclic) bond motifs is 2. The van der Waals surface area contributed by atoms with Gasteiger partial charge in [0.05, 0.1) is 17.4 Å². The third kappa shape index (κ3) is 4.91. The van der Waals surface area contributed by atoms with Crippen LogP contribution >= 0.6 is 0 Å². The lowest BCUT2D eigenvalue weighted by Gasteiger charge is -2.27. The highest BCUT2D eigenvalue weighted by molar-refractivity contribution is 5.52. The third-order valence-electron chi connectivity index (χ3n) is 6.40. The molecule has 0 saturated carbocycles. The Morgan fingerprint density at radius 1 is 1.06 bits per heavy atom. The van der Waals surface area contributed by atoms with Crippen LogP contribution in [-0.4, -0.2) is 64.9 Å². The van der Waals surface area contributed by atoms with Crippen molar-refractivity contribution in [1.82, 2.24) is 24.2 Å². The number of aryl methyl sites for hydroxylation is 1. The summed E-state index contributed by atoms with van der Waals surface area (Å²) in [5, 5.41) is 0. The fraction of sp³-hybridized carbons (Fsp3) is 0.520. The van der Waals surface area contributed by atoms with Crippen molar-refractivity contribution in [2.24, 2.45) is 0 Å². The maximum Gasteiger partial charge on any atom is 0.138 e. The Morgan fingerprint density at radius 2 is 1.94 bits per heavy atom. The molecule has 0 aliphatic heterocycles. The zero-order valence-corrected chi connectivity index (χ0v) is 19.5. The van der Waals surface area contributed by atoms with E-state index in [0.29, 0.717) is 6.04 Å². The summed E-state index contributed by atoms with van der Waals surface area (Å²) in [6, 6.07) is 11.1. The van der Waals surface area contributed by atoms with Crippen molar-refractivity contribution in [2.45, 2.75) is 45.2 Å². The molecule has 31 heavy (non-hydrogen) atoms. The van der Waals surface area contributed by atoms with Crippen LogP contribution in [0, 0.1) is 0 Å². The van der Waals surface area contributed by atoms with Gasteiger partial charge >= 0.3 is 0 Å². The molecule has 4 rings (SSSR count). The molecule has 3 aromatic rings. The predicted molar refractivity (Wildman–Crippen MR) is 128 cm³/mol. The molecule has 0 spiro atoms. The molecule has 6 heteroatoms. The van der Waals surface area contributed by atoms with Crippen LogP contribution in [0.1, 0.15) is 49.2 Å². The lowest BCUT2D eigenvalue weighted by molar-refractivity contribution is 0.217. The molecule has 6 nitrogen and oxygen atoms in total. The average molecular weight is 421 g/mol. The number of imidazole rings is 1. The Labute approximate surface area is 186 Å². The number of nitrogens with zero attached hydrogens (tertiary/aromatic N) is 6. The molecule has 0 bridgehead atoms. The zero-order valence-electron chi connectivity index (χ0n) is 19.5. The number of hydrogen-bond acceptors (Lipinski definition) is 5. The van der Waals surface area contributed by atoms with Crippen LogP contribution in [0.2, 0.25) is 0 Å². The van der Waals surface area contributed by atoms with Crippen molar-refractivity contribution in [1.29, 1.82) is 0 Å². The maximum atomic E-state index is 4.96. The fourth-order valence-electron chi connectivity index (χ4n) is 4.68. The second-order valence-electron chi connectivity index (χ2n) is 8.95. The largest absolute Gasteiger partial charge is 0.357 e. The average Bonchev–Trinajstić information content (AvgIpc) is 3.04. The van der Waals surface area contributed by atoms with Crippen LogP contribution in [0.5, 0.6) is 0 Å². The van der Waals surface area contributed by atoms with Crippen molar-refractivity contribution >= 4 is 11.5 Å². The highest BCUT2D eigenvalue weighted by atomic mass is 15.2. The SMILES string of the molecule is CCN(CCN(C)C)c1cccc2nc(CN(C)C3CCCCc4cccnc43)cn12. The van der Waals surface area contributed by atoms with Gasteiger partial charge in [-0.25, -0.2) is 4.98 Å². The van der Waals surface area contributed by atoms with Gasteiger partial charge in [-0.2, -0.15) is 0 Å². The summed E-state index contributed by atoms with van der Waals surface area (Å²) in [5.41, 5.74) is 4.80. The van der Waals surface area contributed by atoms with Crippen LogP contribution in [0.25, 0.3) is 5.65 Å². The summed E-state index contributed by atoms with van der Waals surface area (Å²) < 4.78 is 2.25. The Morgan fingerprint density at radius 3 is 2.74 bits per heavy atom. The molecular weight excluding hydrogens is 384 g/mol. The summed E-state index contributed by atoms with van der Waals surface area (Å²) in [7, 11) is 6.47. The molecule has 0 aromatic carbocycles. The highest BCUT2D eigenvalue weighted by Gasteiger charge is 2.24. The van der Waals surface area contributed by atoms with E-state index in [4.69, 9.17) is 9.97 Å². The van der Waals surface area contributed by atoms with Crippen molar-refractivity contribution in [3.63, 3.8) is 0 Å². The Hall–Kier alpha value is -2.44. The standard InChI is InChI=1S/C25H36N6/c1-5-30(17-16-28(2)3)24-14-8-13-23-27-21(19-31(23)24)18-29(4)22-12-7-6-10-20-11-9-15-26-25(20)22/h8-9,11,13-15,19,22H,5-7,10,12,16-18H2,1-4H3. The van der Waals surface area contributed by atoms with Gasteiger partial charge in [-0.15, -0.1) is 0 Å². The normalized spacial score (nSPS) is 16.6. The van der Waals surface area contributed by atoms with Gasteiger partial charge in [0.15, 0.2) is 0 Å². The summed E-state index contributed by atoms with van der Waals surface area (Å²) in [4.78, 5) is 16.8. The van der Waals surface area contributed by atoms with Crippen molar-refractivity contribution in [2.75, 3.05) is 45.7 Å². The summed E-state index contributed by atoms with van der Waals surface area (Å²) in [6.45, 7) is 6.05. The van der Waals surface area contributed by atoms with E-state index in [2.05, 4.69) is 83.7 Å². The first-order valence-electron chi connectivity index (χ1n) is 11.6. The first-order chi connectivity index (χ1) is 15.1. The fourth-order valence-corrected chi connectivity index (χ4v) is 4.68. The van der Waals surface area contributed by atoms with E-state index in [9.17, 15) is 0 Å². The van der Waals surface area contributed by atoms with Crippen molar-refractivity contribution < 1.29 is 0 Å². The molecule has 3 heterocycles. The van der Waals surface area contributed by atoms with Gasteiger partial charge in [-0.1, -0.05) is 18.6 Å². The third-order valence-corrected chi connectivity index (χ3v) is 6.40. The molecule has 0 fully saturated rings. The number of pyridine rings is 2. The van der Waals surface area contributed by atoms with Crippen LogP contribution < -0.4 is 4.90 Å². The summed E-state index contributed by atoms with van der Waals surface area (Å²) in [6.07, 6.45) is 8.96. The van der Waals surface area contributed by atoms with E-state index < -0.39 is 0 Å². The molecule has 1 aliphatic carbocycles. The minimum absolute atomic E-state index is 0.357. The van der Waals surface area contributed by atoms with Gasteiger partial charge in [0.25, 0.3) is 0 Å². The lowest BCUT2D eigenvalue weighted by Crippen LogP contribution is -2.32. The van der Waals surface area contributed by atoms with Crippen LogP contribution in [0.3, 0.4) is 0 Å². The number of anilines is 1. The van der Waals surface area contributed by atoms with Gasteiger partial charge in [0.2, 0.25) is 0 Å². The molecule has 0 amide bonds. The van der Waals surface area contributed by atoms with Gasteiger partial charge < -0.3 is 9.80 Å². The molecule has 0 saturated heterocycles. The van der Waals surface area contributed by atoms with E-state index in [1.807, 2.05) is 6.20 Å². The molecule has 1 aliphatic rings. The van der Waals surface area contributed by atoms with Crippen molar-refractivity contribution in [3.8, 4) is 0 Å². The Bertz CT molecular complexity index is 995. The minimum atomic E-state index is 0.357. The van der Waals surface area contributed by atoms with Gasteiger partial charge in [-0.3, -0.25) is 14.3 Å². The molecule has 0 N–H and O–H groups in total. The Balaban J connectivity index is 1.57. The molecule has 166 valence electrons. The quantitative estimate of drug-likeness (QED) is 0.515. The van der Waals surface area contributed by atoms with E-state index in [0.717, 1.165) is 50.4 Å². The van der Waals surface area contributed by atoms with Gasteiger partial charge in [0, 0.05) is 38.6 Å². The lowest BCUT2D eigenvalue weighted by atomic mass is 10.0. The van der Waals surface area contributed by atoms with Crippen LogP contribution in [0.4, 0.5) is 5.82 Å². The second kappa shape index (κ2) is 9.79. The van der Waals surface area contributed by atoms with E-state index in [1.165, 1.54) is 29.9 Å². The zero-order chi connectivity index (χ0) is 21.8. The predicted octanol–water partition coefficient (Wildman–Crippen LogP) is 4.02. The number of aromatic nitrogens is 3. The van der Waals surface area contributed by atoms with Crippen molar-refractivity contribution in [3.05, 3.63) is 59.7 Å². The highest BCUT2D eigenvalue weighted by Crippen LogP contribution is 2.32. The number of likely N-dealkylation sites (N-methyl/N-ethyl adjacent to an activating group) is 2. The minimum Gasteiger partial charge on any atom is -0.357 e. The summed E-state index contributed by atoms with van der Waals surface area (Å²) in [5.74, 6) is 1.21. The Kier molecular flexibility index (Phi) is 6.88. The molecule has 1 unspecified atom stereocenters. The van der Waals surface area contributed by atoms with Crippen LogP contribution in [-0.2, 0) is 13.0 Å². The maximum absolute atomic E-state index is 4.96. The number of rotatable bonds is 8. The van der Waals surface area contributed by atoms with E-state index >= 15 is 0 Å². The van der Waals surface area contributed by atoms with Crippen LogP contribution in [0.15, 0.2) is 42.7 Å².